The molecule has 0 atom stereocenters. The summed E-state index contributed by atoms with van der Waals surface area (Å²) in [5, 5.41) is 9.09. The monoisotopic (exact) mass is 494 g/mol. The van der Waals surface area contributed by atoms with Gasteiger partial charge in [-0.05, 0) is 64.9 Å². The number of pyridine rings is 1. The van der Waals surface area contributed by atoms with Crippen molar-refractivity contribution in [3.8, 4) is 5.75 Å². The van der Waals surface area contributed by atoms with Crippen LogP contribution in [0.1, 0.15) is 22.5 Å². The van der Waals surface area contributed by atoms with E-state index >= 15 is 0 Å². The predicted molar refractivity (Wildman–Crippen MR) is 141 cm³/mol. The maximum atomic E-state index is 13.1. The SMILES string of the molecule is O=C1/C(=C/c2cccnc2)S/C(=N/N=C\c2cccc(OCc3ccccc3)c2)N1Cc1ccco1. The summed E-state index contributed by atoms with van der Waals surface area (Å²) in [6.45, 7) is 0.747. The average Bonchev–Trinajstić information content (AvgIpc) is 3.53. The molecule has 8 heteroatoms. The molecule has 0 saturated carbocycles. The number of carbonyl (C=O) groups excluding carboxylic acids is 1. The molecule has 0 spiro atoms. The highest BCUT2D eigenvalue weighted by molar-refractivity contribution is 8.18. The average molecular weight is 495 g/mol. The minimum absolute atomic E-state index is 0.162. The molecule has 7 nitrogen and oxygen atoms in total. The molecule has 178 valence electrons. The first kappa shape index (κ1) is 23.3. The van der Waals surface area contributed by atoms with Gasteiger partial charge in [0.2, 0.25) is 0 Å². The number of aromatic nitrogens is 1. The Kier molecular flexibility index (Phi) is 7.34. The van der Waals surface area contributed by atoms with Crippen molar-refractivity contribution < 1.29 is 13.9 Å². The summed E-state index contributed by atoms with van der Waals surface area (Å²) in [5.41, 5.74) is 2.77. The van der Waals surface area contributed by atoms with Gasteiger partial charge < -0.3 is 9.15 Å². The molecule has 36 heavy (non-hydrogen) atoms. The van der Waals surface area contributed by atoms with Crippen molar-refractivity contribution in [2.75, 3.05) is 0 Å². The Labute approximate surface area is 212 Å². The number of amidine groups is 1. The summed E-state index contributed by atoms with van der Waals surface area (Å²) in [7, 11) is 0. The van der Waals surface area contributed by atoms with Crippen LogP contribution in [0.3, 0.4) is 0 Å². The van der Waals surface area contributed by atoms with Gasteiger partial charge in [-0.15, -0.1) is 5.10 Å². The Morgan fingerprint density at radius 1 is 1.00 bits per heavy atom. The Hall–Kier alpha value is -4.43. The van der Waals surface area contributed by atoms with Crippen LogP contribution in [0.2, 0.25) is 0 Å². The lowest BCUT2D eigenvalue weighted by atomic mass is 10.2. The van der Waals surface area contributed by atoms with Gasteiger partial charge in [-0.3, -0.25) is 14.7 Å². The molecular weight excluding hydrogens is 472 g/mol. The van der Waals surface area contributed by atoms with Gasteiger partial charge in [0.15, 0.2) is 5.17 Å². The zero-order valence-electron chi connectivity index (χ0n) is 19.2. The van der Waals surface area contributed by atoms with Crippen LogP contribution in [-0.4, -0.2) is 27.2 Å². The number of benzene rings is 2. The third-order valence-electron chi connectivity index (χ3n) is 5.22. The topological polar surface area (TPSA) is 80.3 Å². The number of furan rings is 1. The lowest BCUT2D eigenvalue weighted by Crippen LogP contribution is -2.28. The van der Waals surface area contributed by atoms with E-state index in [2.05, 4.69) is 15.2 Å². The quantitative estimate of drug-likeness (QED) is 0.177. The normalized spacial score (nSPS) is 15.9. The highest BCUT2D eigenvalue weighted by atomic mass is 32.2. The lowest BCUT2D eigenvalue weighted by Gasteiger charge is -2.12. The van der Waals surface area contributed by atoms with Crippen LogP contribution in [0.5, 0.6) is 5.75 Å². The van der Waals surface area contributed by atoms with Crippen LogP contribution in [0, 0.1) is 0 Å². The number of hydrogen-bond donors (Lipinski definition) is 0. The molecule has 0 aliphatic carbocycles. The van der Waals surface area contributed by atoms with Crippen molar-refractivity contribution in [1.82, 2.24) is 9.88 Å². The molecular formula is C28H22N4O3S. The molecule has 1 amide bonds. The number of ether oxygens (including phenoxy) is 1. The van der Waals surface area contributed by atoms with Gasteiger partial charge >= 0.3 is 0 Å². The van der Waals surface area contributed by atoms with Gasteiger partial charge in [-0.25, -0.2) is 0 Å². The van der Waals surface area contributed by atoms with Crippen molar-refractivity contribution >= 4 is 35.1 Å². The molecule has 3 heterocycles. The second kappa shape index (κ2) is 11.3. The molecule has 2 aromatic carbocycles. The summed E-state index contributed by atoms with van der Waals surface area (Å²) in [4.78, 5) is 19.4. The zero-order valence-corrected chi connectivity index (χ0v) is 20.0. The Bertz CT molecular complexity index is 1400. The van der Waals surface area contributed by atoms with Crippen molar-refractivity contribution in [2.24, 2.45) is 10.2 Å². The second-order valence-corrected chi connectivity index (χ2v) is 8.85. The Balaban J connectivity index is 1.33. The standard InChI is InChI=1S/C28H22N4O3S/c33-27-26(16-23-10-5-13-29-17-23)36-28(32(27)19-25-12-6-14-34-25)31-30-18-22-9-4-11-24(15-22)35-20-21-7-2-1-3-8-21/h1-18H,19-20H2/b26-16-,30-18-,31-28+. The number of thioether (sulfide) groups is 1. The van der Waals surface area contributed by atoms with E-state index in [4.69, 9.17) is 9.15 Å². The second-order valence-electron chi connectivity index (χ2n) is 7.84. The van der Waals surface area contributed by atoms with E-state index in [1.165, 1.54) is 11.8 Å². The Morgan fingerprint density at radius 2 is 1.89 bits per heavy atom. The van der Waals surface area contributed by atoms with Gasteiger partial charge in [-0.2, -0.15) is 5.10 Å². The van der Waals surface area contributed by atoms with E-state index in [1.54, 1.807) is 41.9 Å². The molecule has 0 bridgehead atoms. The first-order valence-electron chi connectivity index (χ1n) is 11.3. The molecule has 1 saturated heterocycles. The minimum atomic E-state index is -0.162. The summed E-state index contributed by atoms with van der Waals surface area (Å²) >= 11 is 1.27. The van der Waals surface area contributed by atoms with Crippen LogP contribution in [0.25, 0.3) is 6.08 Å². The third kappa shape index (κ3) is 5.97. The summed E-state index contributed by atoms with van der Waals surface area (Å²) < 4.78 is 11.3. The molecule has 2 aromatic heterocycles. The number of amides is 1. The molecule has 0 N–H and O–H groups in total. The maximum Gasteiger partial charge on any atom is 0.267 e. The predicted octanol–water partition coefficient (Wildman–Crippen LogP) is 5.76. The van der Waals surface area contributed by atoms with Gasteiger partial charge in [0.05, 0.1) is 23.9 Å². The first-order chi connectivity index (χ1) is 17.7. The fourth-order valence-electron chi connectivity index (χ4n) is 3.46. The van der Waals surface area contributed by atoms with E-state index in [0.717, 1.165) is 22.4 Å². The number of hydrogen-bond acceptors (Lipinski definition) is 7. The summed E-state index contributed by atoms with van der Waals surface area (Å²) in [6.07, 6.45) is 8.42. The van der Waals surface area contributed by atoms with Gasteiger partial charge in [0, 0.05) is 12.4 Å². The van der Waals surface area contributed by atoms with Crippen LogP contribution < -0.4 is 4.74 Å². The van der Waals surface area contributed by atoms with Crippen LogP contribution >= 0.6 is 11.8 Å². The van der Waals surface area contributed by atoms with Crippen molar-refractivity contribution in [2.45, 2.75) is 13.2 Å². The third-order valence-corrected chi connectivity index (χ3v) is 6.22. The number of nitrogens with zero attached hydrogens (tertiary/aromatic N) is 4. The van der Waals surface area contributed by atoms with Gasteiger partial charge in [0.25, 0.3) is 5.91 Å². The summed E-state index contributed by atoms with van der Waals surface area (Å²) in [5.74, 6) is 1.24. The highest BCUT2D eigenvalue weighted by Gasteiger charge is 2.34. The number of carbonyl (C=O) groups is 1. The molecule has 0 radical (unpaired) electrons. The van der Waals surface area contributed by atoms with E-state index in [-0.39, 0.29) is 12.5 Å². The summed E-state index contributed by atoms with van der Waals surface area (Å²) in [6, 6.07) is 24.9. The van der Waals surface area contributed by atoms with Gasteiger partial charge in [-0.1, -0.05) is 48.5 Å². The molecule has 0 unspecified atom stereocenters. The van der Waals surface area contributed by atoms with Gasteiger partial charge in [0.1, 0.15) is 18.1 Å². The minimum Gasteiger partial charge on any atom is -0.489 e. The maximum absolute atomic E-state index is 13.1. The van der Waals surface area contributed by atoms with Crippen molar-refractivity contribution in [3.05, 3.63) is 125 Å². The molecule has 4 aromatic rings. The van der Waals surface area contributed by atoms with Crippen LogP contribution in [-0.2, 0) is 17.9 Å². The zero-order chi connectivity index (χ0) is 24.6. The van der Waals surface area contributed by atoms with Crippen LogP contribution in [0.15, 0.2) is 117 Å². The van der Waals surface area contributed by atoms with E-state index in [1.807, 2.05) is 72.8 Å². The first-order valence-corrected chi connectivity index (χ1v) is 12.1. The van der Waals surface area contributed by atoms with Crippen LogP contribution in [0.4, 0.5) is 0 Å². The molecule has 1 aliphatic rings. The Morgan fingerprint density at radius 3 is 2.69 bits per heavy atom. The van der Waals surface area contributed by atoms with E-state index in [0.29, 0.717) is 22.4 Å². The van der Waals surface area contributed by atoms with E-state index in [9.17, 15) is 4.79 Å². The largest absolute Gasteiger partial charge is 0.489 e. The number of rotatable bonds is 8. The smallest absolute Gasteiger partial charge is 0.267 e. The molecule has 1 aliphatic heterocycles. The molecule has 1 fully saturated rings. The van der Waals surface area contributed by atoms with E-state index < -0.39 is 0 Å². The molecule has 5 rings (SSSR count). The van der Waals surface area contributed by atoms with Crippen molar-refractivity contribution in [3.63, 3.8) is 0 Å². The lowest BCUT2D eigenvalue weighted by molar-refractivity contribution is -0.122. The fraction of sp³-hybridized carbons (Fsp3) is 0.0714. The fourth-order valence-corrected chi connectivity index (χ4v) is 4.40. The highest BCUT2D eigenvalue weighted by Crippen LogP contribution is 2.33. The van der Waals surface area contributed by atoms with Crippen molar-refractivity contribution in [1.29, 1.82) is 0 Å².